The van der Waals surface area contributed by atoms with Crippen LogP contribution in [0.4, 0.5) is 0 Å². The highest BCUT2D eigenvalue weighted by Crippen LogP contribution is 2.22. The highest BCUT2D eigenvalue weighted by atomic mass is 32.1. The van der Waals surface area contributed by atoms with Crippen molar-refractivity contribution in [3.05, 3.63) is 16.1 Å². The molecule has 0 bridgehead atoms. The van der Waals surface area contributed by atoms with Crippen molar-refractivity contribution >= 4 is 11.3 Å². The number of thiazole rings is 1. The molecule has 0 saturated carbocycles. The highest BCUT2D eigenvalue weighted by Gasteiger charge is 2.18. The van der Waals surface area contributed by atoms with Gasteiger partial charge in [0.2, 0.25) is 0 Å². The van der Waals surface area contributed by atoms with E-state index in [0.29, 0.717) is 6.54 Å². The van der Waals surface area contributed by atoms with Crippen LogP contribution in [0.2, 0.25) is 0 Å². The third-order valence-corrected chi connectivity index (χ3v) is 4.22. The first-order valence-electron chi connectivity index (χ1n) is 6.10. The smallest absolute Gasteiger partial charge is 0.0931 e. The molecule has 1 aromatic heterocycles. The predicted octanol–water partition coefficient (Wildman–Crippen LogP) is 1.53. The van der Waals surface area contributed by atoms with Gasteiger partial charge in [-0.05, 0) is 45.4 Å². The van der Waals surface area contributed by atoms with Gasteiger partial charge in [-0.25, -0.2) is 4.98 Å². The number of likely N-dealkylation sites (tertiary alicyclic amines) is 1. The van der Waals surface area contributed by atoms with Crippen molar-refractivity contribution in [3.63, 3.8) is 0 Å². The largest absolute Gasteiger partial charge is 0.330 e. The number of hydrogen-bond acceptors (Lipinski definition) is 4. The monoisotopic (exact) mass is 239 g/mol. The molecule has 2 heterocycles. The van der Waals surface area contributed by atoms with Crippen LogP contribution in [0.1, 0.15) is 23.5 Å². The van der Waals surface area contributed by atoms with Crippen molar-refractivity contribution in [2.45, 2.75) is 25.7 Å². The standard InChI is InChI=1S/C12H21N3S/c1-15-6-3-10(4-7-15)8-12-14-11(2-5-13)9-16-12/h9-10H,2-8,13H2,1H3. The van der Waals surface area contributed by atoms with Gasteiger partial charge in [-0.15, -0.1) is 11.3 Å². The Morgan fingerprint density at radius 3 is 2.94 bits per heavy atom. The molecule has 1 aromatic rings. The Balaban J connectivity index is 1.83. The summed E-state index contributed by atoms with van der Waals surface area (Å²) < 4.78 is 0. The summed E-state index contributed by atoms with van der Waals surface area (Å²) in [5.41, 5.74) is 6.70. The van der Waals surface area contributed by atoms with Crippen molar-refractivity contribution in [1.29, 1.82) is 0 Å². The fourth-order valence-corrected chi connectivity index (χ4v) is 3.16. The molecule has 1 aliphatic heterocycles. The second-order valence-corrected chi connectivity index (χ2v) is 5.66. The number of nitrogens with zero attached hydrogens (tertiary/aromatic N) is 2. The van der Waals surface area contributed by atoms with Gasteiger partial charge in [-0.2, -0.15) is 0 Å². The van der Waals surface area contributed by atoms with Gasteiger partial charge in [0.1, 0.15) is 0 Å². The Hall–Kier alpha value is -0.450. The molecule has 0 aliphatic carbocycles. The Bertz CT molecular complexity index is 316. The minimum Gasteiger partial charge on any atom is -0.330 e. The zero-order valence-electron chi connectivity index (χ0n) is 9.98. The van der Waals surface area contributed by atoms with E-state index in [0.717, 1.165) is 12.3 Å². The lowest BCUT2D eigenvalue weighted by atomic mass is 9.94. The lowest BCUT2D eigenvalue weighted by Gasteiger charge is -2.28. The third-order valence-electron chi connectivity index (χ3n) is 3.30. The zero-order valence-corrected chi connectivity index (χ0v) is 10.8. The first-order valence-corrected chi connectivity index (χ1v) is 6.98. The molecule has 16 heavy (non-hydrogen) atoms. The lowest BCUT2D eigenvalue weighted by Crippen LogP contribution is -2.30. The first kappa shape index (κ1) is 12.0. The highest BCUT2D eigenvalue weighted by molar-refractivity contribution is 7.09. The molecule has 0 atom stereocenters. The Morgan fingerprint density at radius 1 is 1.50 bits per heavy atom. The molecular formula is C12H21N3S. The summed E-state index contributed by atoms with van der Waals surface area (Å²) >= 11 is 1.80. The van der Waals surface area contributed by atoms with Gasteiger partial charge < -0.3 is 10.6 Å². The molecule has 1 saturated heterocycles. The third kappa shape index (κ3) is 3.27. The number of rotatable bonds is 4. The van der Waals surface area contributed by atoms with E-state index in [2.05, 4.69) is 22.3 Å². The number of piperidine rings is 1. The summed E-state index contributed by atoms with van der Waals surface area (Å²) in [5.74, 6) is 0.841. The van der Waals surface area contributed by atoms with Crippen LogP contribution in [0.25, 0.3) is 0 Å². The quantitative estimate of drug-likeness (QED) is 0.866. The van der Waals surface area contributed by atoms with E-state index in [1.54, 1.807) is 11.3 Å². The SMILES string of the molecule is CN1CCC(Cc2nc(CCN)cs2)CC1. The summed E-state index contributed by atoms with van der Waals surface area (Å²) in [5, 5.41) is 3.47. The van der Waals surface area contributed by atoms with E-state index in [9.17, 15) is 0 Å². The molecule has 2 N–H and O–H groups in total. The first-order chi connectivity index (χ1) is 7.78. The fourth-order valence-electron chi connectivity index (χ4n) is 2.22. The molecular weight excluding hydrogens is 218 g/mol. The van der Waals surface area contributed by atoms with E-state index >= 15 is 0 Å². The van der Waals surface area contributed by atoms with Gasteiger partial charge in [0, 0.05) is 18.2 Å². The van der Waals surface area contributed by atoms with Crippen molar-refractivity contribution in [1.82, 2.24) is 9.88 Å². The van der Waals surface area contributed by atoms with E-state index in [1.165, 1.54) is 43.1 Å². The molecule has 0 spiro atoms. The molecule has 0 unspecified atom stereocenters. The van der Waals surface area contributed by atoms with Gasteiger partial charge in [-0.3, -0.25) is 0 Å². The van der Waals surface area contributed by atoms with Crippen LogP contribution < -0.4 is 5.73 Å². The van der Waals surface area contributed by atoms with Crippen molar-refractivity contribution < 1.29 is 0 Å². The summed E-state index contributed by atoms with van der Waals surface area (Å²) in [4.78, 5) is 7.05. The maximum Gasteiger partial charge on any atom is 0.0931 e. The average molecular weight is 239 g/mol. The van der Waals surface area contributed by atoms with Gasteiger partial charge in [0.05, 0.1) is 10.7 Å². The lowest BCUT2D eigenvalue weighted by molar-refractivity contribution is 0.219. The zero-order chi connectivity index (χ0) is 11.4. The van der Waals surface area contributed by atoms with E-state index in [4.69, 9.17) is 5.73 Å². The minimum atomic E-state index is 0.706. The Kier molecular flexibility index (Phi) is 4.32. The minimum absolute atomic E-state index is 0.706. The van der Waals surface area contributed by atoms with Crippen LogP contribution in [-0.2, 0) is 12.8 Å². The molecule has 0 radical (unpaired) electrons. The summed E-state index contributed by atoms with van der Waals surface area (Å²) in [6.45, 7) is 3.19. The van der Waals surface area contributed by atoms with Gasteiger partial charge in [0.25, 0.3) is 0 Å². The second kappa shape index (κ2) is 5.75. The molecule has 2 rings (SSSR count). The Morgan fingerprint density at radius 2 is 2.25 bits per heavy atom. The predicted molar refractivity (Wildman–Crippen MR) is 68.8 cm³/mol. The molecule has 3 nitrogen and oxygen atoms in total. The number of aromatic nitrogens is 1. The number of hydrogen-bond donors (Lipinski definition) is 1. The molecule has 0 aromatic carbocycles. The number of nitrogens with two attached hydrogens (primary N) is 1. The van der Waals surface area contributed by atoms with E-state index < -0.39 is 0 Å². The molecule has 1 fully saturated rings. The maximum atomic E-state index is 5.53. The molecule has 4 heteroatoms. The summed E-state index contributed by atoms with van der Waals surface area (Å²) in [6.07, 6.45) is 4.73. The van der Waals surface area contributed by atoms with Crippen LogP contribution in [0.15, 0.2) is 5.38 Å². The molecule has 90 valence electrons. The van der Waals surface area contributed by atoms with Crippen molar-refractivity contribution in [2.75, 3.05) is 26.7 Å². The van der Waals surface area contributed by atoms with Crippen LogP contribution in [-0.4, -0.2) is 36.6 Å². The Labute approximate surface area is 102 Å². The average Bonchev–Trinajstić information content (AvgIpc) is 2.70. The van der Waals surface area contributed by atoms with Crippen LogP contribution in [0.3, 0.4) is 0 Å². The van der Waals surface area contributed by atoms with Crippen LogP contribution in [0.5, 0.6) is 0 Å². The van der Waals surface area contributed by atoms with Crippen molar-refractivity contribution in [3.8, 4) is 0 Å². The maximum absolute atomic E-state index is 5.53. The van der Waals surface area contributed by atoms with Gasteiger partial charge >= 0.3 is 0 Å². The second-order valence-electron chi connectivity index (χ2n) is 4.72. The van der Waals surface area contributed by atoms with Crippen molar-refractivity contribution in [2.24, 2.45) is 11.7 Å². The molecule has 0 amide bonds. The van der Waals surface area contributed by atoms with Gasteiger partial charge in [0.15, 0.2) is 0 Å². The van der Waals surface area contributed by atoms with Gasteiger partial charge in [-0.1, -0.05) is 0 Å². The normalized spacial score (nSPS) is 19.1. The summed E-state index contributed by atoms with van der Waals surface area (Å²) in [7, 11) is 2.21. The van der Waals surface area contributed by atoms with Crippen LogP contribution in [0, 0.1) is 5.92 Å². The van der Waals surface area contributed by atoms with Crippen LogP contribution >= 0.6 is 11.3 Å². The topological polar surface area (TPSA) is 42.2 Å². The van der Waals surface area contributed by atoms with E-state index in [1.807, 2.05) is 0 Å². The molecule has 1 aliphatic rings. The summed E-state index contributed by atoms with van der Waals surface area (Å²) in [6, 6.07) is 0. The fraction of sp³-hybridized carbons (Fsp3) is 0.750. The van der Waals surface area contributed by atoms with E-state index in [-0.39, 0.29) is 0 Å².